The summed E-state index contributed by atoms with van der Waals surface area (Å²) in [6, 6.07) is 12.8. The third-order valence-electron chi connectivity index (χ3n) is 3.77. The van der Waals surface area contributed by atoms with Gasteiger partial charge < -0.3 is 9.47 Å². The summed E-state index contributed by atoms with van der Waals surface area (Å²) >= 11 is 6.17. The number of methoxy groups -OCH3 is 1. The maximum atomic E-state index is 11.5. The fourth-order valence-electron chi connectivity index (χ4n) is 2.27. The van der Waals surface area contributed by atoms with Crippen LogP contribution >= 0.6 is 11.6 Å². The van der Waals surface area contributed by atoms with Gasteiger partial charge in [-0.25, -0.2) is 5.43 Å². The van der Waals surface area contributed by atoms with E-state index >= 15 is 0 Å². The zero-order valence-electron chi connectivity index (χ0n) is 15.3. The summed E-state index contributed by atoms with van der Waals surface area (Å²) in [4.78, 5) is 14.0. The summed E-state index contributed by atoms with van der Waals surface area (Å²) in [6.07, 6.45) is 1.56. The Balaban J connectivity index is 1.71. The first-order valence-corrected chi connectivity index (χ1v) is 8.71. The number of hydrazone groups is 1. The third kappa shape index (κ3) is 4.86. The Kier molecular flexibility index (Phi) is 6.23. The summed E-state index contributed by atoms with van der Waals surface area (Å²) in [5.41, 5.74) is 4.21. The van der Waals surface area contributed by atoms with Gasteiger partial charge in [0.2, 0.25) is 5.95 Å². The lowest BCUT2D eigenvalue weighted by Gasteiger charge is -2.12. The predicted octanol–water partition coefficient (Wildman–Crippen LogP) is 3.16. The molecule has 0 spiro atoms. The molecule has 3 rings (SSSR count). The lowest BCUT2D eigenvalue weighted by molar-refractivity contribution is 0.284. The molecule has 28 heavy (non-hydrogen) atoms. The van der Waals surface area contributed by atoms with Crippen molar-refractivity contribution in [3.05, 3.63) is 74.7 Å². The van der Waals surface area contributed by atoms with Gasteiger partial charge in [-0.15, -0.1) is 10.2 Å². The van der Waals surface area contributed by atoms with Crippen molar-refractivity contribution in [3.8, 4) is 11.5 Å². The number of anilines is 1. The second-order valence-electron chi connectivity index (χ2n) is 5.75. The number of H-pyrrole nitrogens is 1. The quantitative estimate of drug-likeness (QED) is 0.467. The normalized spacial score (nSPS) is 10.8. The van der Waals surface area contributed by atoms with E-state index in [-0.39, 0.29) is 17.2 Å². The van der Waals surface area contributed by atoms with Crippen molar-refractivity contribution >= 4 is 23.8 Å². The lowest BCUT2D eigenvalue weighted by Crippen LogP contribution is -2.15. The van der Waals surface area contributed by atoms with Gasteiger partial charge >= 0.3 is 0 Å². The van der Waals surface area contributed by atoms with Crippen LogP contribution in [-0.2, 0) is 6.61 Å². The molecule has 9 heteroatoms. The van der Waals surface area contributed by atoms with E-state index in [1.807, 2.05) is 30.3 Å². The molecule has 0 unspecified atom stereocenters. The Bertz CT molecular complexity index is 1050. The molecule has 144 valence electrons. The second kappa shape index (κ2) is 9.01. The van der Waals surface area contributed by atoms with Gasteiger partial charge in [0.15, 0.2) is 11.5 Å². The fraction of sp³-hybridized carbons (Fsp3) is 0.158. The van der Waals surface area contributed by atoms with Crippen molar-refractivity contribution in [3.63, 3.8) is 0 Å². The minimum atomic E-state index is -0.326. The maximum absolute atomic E-state index is 11.5. The van der Waals surface area contributed by atoms with Gasteiger partial charge in [-0.3, -0.25) is 9.78 Å². The molecular formula is C19H18ClN5O3. The fourth-order valence-corrected chi connectivity index (χ4v) is 2.46. The number of nitrogens with zero attached hydrogens (tertiary/aromatic N) is 3. The van der Waals surface area contributed by atoms with Crippen LogP contribution < -0.4 is 20.5 Å². The second-order valence-corrected chi connectivity index (χ2v) is 6.16. The standard InChI is InChI=1S/C19H18ClN5O3/c1-12-18(26)22-19(25-23-12)24-21-10-13-7-8-16(27-2)17(9-13)28-11-14-5-3-4-6-15(14)20/h3-10H,11H2,1-2H3,(H2,22,24,25,26)/b21-10+. The number of rotatable bonds is 7. The number of nitrogens with one attached hydrogen (secondary N) is 2. The van der Waals surface area contributed by atoms with Gasteiger partial charge in [-0.05, 0) is 36.8 Å². The van der Waals surface area contributed by atoms with Crippen molar-refractivity contribution in [1.82, 2.24) is 15.2 Å². The number of aromatic nitrogens is 3. The summed E-state index contributed by atoms with van der Waals surface area (Å²) in [5, 5.41) is 12.2. The van der Waals surface area contributed by atoms with E-state index in [2.05, 4.69) is 25.7 Å². The van der Waals surface area contributed by atoms with Gasteiger partial charge in [0.05, 0.1) is 13.3 Å². The lowest BCUT2D eigenvalue weighted by atomic mass is 10.2. The van der Waals surface area contributed by atoms with Gasteiger partial charge in [-0.2, -0.15) is 5.10 Å². The molecule has 8 nitrogen and oxygen atoms in total. The van der Waals surface area contributed by atoms with Crippen LogP contribution in [0.15, 0.2) is 52.4 Å². The molecule has 0 aliphatic heterocycles. The average molecular weight is 400 g/mol. The smallest absolute Gasteiger partial charge is 0.274 e. The number of hydrogen-bond acceptors (Lipinski definition) is 7. The predicted molar refractivity (Wildman–Crippen MR) is 107 cm³/mol. The van der Waals surface area contributed by atoms with Crippen LogP contribution in [0, 0.1) is 6.92 Å². The first-order valence-electron chi connectivity index (χ1n) is 8.33. The molecule has 1 aromatic heterocycles. The third-order valence-corrected chi connectivity index (χ3v) is 4.14. The SMILES string of the molecule is COc1ccc(/C=N/Nc2nnc(C)c(=O)[nH]2)cc1OCc1ccccc1Cl. The zero-order chi connectivity index (χ0) is 19.9. The van der Waals surface area contributed by atoms with Crippen molar-refractivity contribution in [2.75, 3.05) is 12.5 Å². The monoisotopic (exact) mass is 399 g/mol. The van der Waals surface area contributed by atoms with E-state index < -0.39 is 0 Å². The average Bonchev–Trinajstić information content (AvgIpc) is 2.70. The van der Waals surface area contributed by atoms with E-state index in [0.29, 0.717) is 23.1 Å². The molecule has 0 fully saturated rings. The molecule has 0 radical (unpaired) electrons. The van der Waals surface area contributed by atoms with E-state index in [4.69, 9.17) is 21.1 Å². The molecule has 0 bridgehead atoms. The minimum Gasteiger partial charge on any atom is -0.493 e. The first-order chi connectivity index (χ1) is 13.6. The van der Waals surface area contributed by atoms with Crippen LogP contribution in [0.4, 0.5) is 5.95 Å². The maximum Gasteiger partial charge on any atom is 0.274 e. The van der Waals surface area contributed by atoms with Crippen molar-refractivity contribution in [2.45, 2.75) is 13.5 Å². The van der Waals surface area contributed by atoms with Gasteiger partial charge in [0, 0.05) is 10.6 Å². The largest absolute Gasteiger partial charge is 0.493 e. The van der Waals surface area contributed by atoms with E-state index in [1.54, 1.807) is 32.4 Å². The minimum absolute atomic E-state index is 0.149. The van der Waals surface area contributed by atoms with Crippen LogP contribution in [0.2, 0.25) is 5.02 Å². The molecule has 0 atom stereocenters. The molecule has 0 saturated carbocycles. The Morgan fingerprint density at radius 2 is 2.04 bits per heavy atom. The molecule has 0 saturated heterocycles. The van der Waals surface area contributed by atoms with Crippen LogP contribution in [0.3, 0.4) is 0 Å². The Labute approximate surface area is 166 Å². The number of aromatic amines is 1. The molecule has 2 N–H and O–H groups in total. The summed E-state index contributed by atoms with van der Waals surface area (Å²) < 4.78 is 11.2. The number of benzene rings is 2. The molecule has 3 aromatic rings. The van der Waals surface area contributed by atoms with Crippen molar-refractivity contribution < 1.29 is 9.47 Å². The van der Waals surface area contributed by atoms with Crippen molar-refractivity contribution in [1.29, 1.82) is 0 Å². The van der Waals surface area contributed by atoms with Gasteiger partial charge in [0.25, 0.3) is 5.56 Å². The van der Waals surface area contributed by atoms with Crippen LogP contribution in [0.5, 0.6) is 11.5 Å². The molecule has 2 aromatic carbocycles. The number of aryl methyl sites for hydroxylation is 1. The Morgan fingerprint density at radius 3 is 2.79 bits per heavy atom. The number of ether oxygens (including phenoxy) is 2. The van der Waals surface area contributed by atoms with E-state index in [9.17, 15) is 4.79 Å². The van der Waals surface area contributed by atoms with E-state index in [1.165, 1.54) is 0 Å². The zero-order valence-corrected chi connectivity index (χ0v) is 16.0. The summed E-state index contributed by atoms with van der Waals surface area (Å²) in [6.45, 7) is 1.87. The van der Waals surface area contributed by atoms with Crippen LogP contribution in [-0.4, -0.2) is 28.5 Å². The highest BCUT2D eigenvalue weighted by atomic mass is 35.5. The molecule has 1 heterocycles. The Morgan fingerprint density at radius 1 is 1.21 bits per heavy atom. The molecule has 0 amide bonds. The van der Waals surface area contributed by atoms with Crippen LogP contribution in [0.25, 0.3) is 0 Å². The highest BCUT2D eigenvalue weighted by Gasteiger charge is 2.07. The van der Waals surface area contributed by atoms with Crippen molar-refractivity contribution in [2.24, 2.45) is 5.10 Å². The van der Waals surface area contributed by atoms with Crippen LogP contribution in [0.1, 0.15) is 16.8 Å². The number of halogens is 1. The highest BCUT2D eigenvalue weighted by Crippen LogP contribution is 2.29. The molecule has 0 aliphatic carbocycles. The van der Waals surface area contributed by atoms with Gasteiger partial charge in [-0.1, -0.05) is 29.8 Å². The summed E-state index contributed by atoms with van der Waals surface area (Å²) in [7, 11) is 1.57. The topological polar surface area (TPSA) is 101 Å². The number of hydrogen-bond donors (Lipinski definition) is 2. The molecular weight excluding hydrogens is 382 g/mol. The van der Waals surface area contributed by atoms with E-state index in [0.717, 1.165) is 11.1 Å². The Hall–Kier alpha value is -3.39. The first kappa shape index (κ1) is 19.4. The highest BCUT2D eigenvalue weighted by molar-refractivity contribution is 6.31. The molecule has 0 aliphatic rings. The van der Waals surface area contributed by atoms with Gasteiger partial charge in [0.1, 0.15) is 12.3 Å². The summed E-state index contributed by atoms with van der Waals surface area (Å²) in [5.74, 6) is 1.29.